The highest BCUT2D eigenvalue weighted by Gasteiger charge is 2.24. The Labute approximate surface area is 175 Å². The van der Waals surface area contributed by atoms with Gasteiger partial charge in [-0.25, -0.2) is 0 Å². The second kappa shape index (κ2) is 10.1. The first-order chi connectivity index (χ1) is 13.6. The molecule has 2 aromatic rings. The maximum atomic E-state index is 12.2. The summed E-state index contributed by atoms with van der Waals surface area (Å²) in [4.78, 5) is 14.5. The molecule has 0 saturated carbocycles. The average molecular weight is 423 g/mol. The fourth-order valence-corrected chi connectivity index (χ4v) is 3.72. The van der Waals surface area contributed by atoms with Crippen molar-refractivity contribution in [1.82, 2.24) is 10.2 Å². The summed E-state index contributed by atoms with van der Waals surface area (Å²) < 4.78 is 5.47. The lowest BCUT2D eigenvalue weighted by Crippen LogP contribution is -2.33. The zero-order valence-electron chi connectivity index (χ0n) is 15.5. The molecule has 1 aliphatic rings. The number of likely N-dealkylation sites (tertiary alicyclic amines) is 1. The molecule has 150 valence electrons. The van der Waals surface area contributed by atoms with Gasteiger partial charge >= 0.3 is 0 Å². The zero-order chi connectivity index (χ0) is 19.9. The number of nitrogens with zero attached hydrogens (tertiary/aromatic N) is 1. The van der Waals surface area contributed by atoms with E-state index in [9.17, 15) is 9.90 Å². The van der Waals surface area contributed by atoms with Gasteiger partial charge in [-0.15, -0.1) is 0 Å². The Morgan fingerprint density at radius 3 is 2.79 bits per heavy atom. The lowest BCUT2D eigenvalue weighted by atomic mass is 10.1. The van der Waals surface area contributed by atoms with E-state index in [2.05, 4.69) is 16.3 Å². The van der Waals surface area contributed by atoms with Crippen LogP contribution < -0.4 is 10.1 Å². The zero-order valence-corrected chi connectivity index (χ0v) is 17.0. The van der Waals surface area contributed by atoms with Gasteiger partial charge in [-0.1, -0.05) is 47.5 Å². The highest BCUT2D eigenvalue weighted by molar-refractivity contribution is 6.34. The lowest BCUT2D eigenvalue weighted by Gasteiger charge is -2.24. The number of amides is 1. The SMILES string of the molecule is O=C(COc1cc(Cl)ccc1Cl)NCc1ccccc1CN1CCC[C@H]1CO. The van der Waals surface area contributed by atoms with Gasteiger partial charge in [0.25, 0.3) is 5.91 Å². The molecule has 1 amide bonds. The molecule has 7 heteroatoms. The number of hydrogen-bond donors (Lipinski definition) is 2. The Morgan fingerprint density at radius 1 is 1.21 bits per heavy atom. The van der Waals surface area contributed by atoms with Crippen LogP contribution in [0.2, 0.25) is 10.0 Å². The molecule has 1 saturated heterocycles. The lowest BCUT2D eigenvalue weighted by molar-refractivity contribution is -0.123. The van der Waals surface area contributed by atoms with E-state index in [1.807, 2.05) is 18.2 Å². The molecular formula is C21H24Cl2N2O3. The Morgan fingerprint density at radius 2 is 2.00 bits per heavy atom. The van der Waals surface area contributed by atoms with E-state index in [4.69, 9.17) is 27.9 Å². The van der Waals surface area contributed by atoms with Crippen molar-refractivity contribution in [3.05, 3.63) is 63.6 Å². The smallest absolute Gasteiger partial charge is 0.258 e. The Hall–Kier alpha value is -1.79. The normalized spacial score (nSPS) is 16.9. The number of halogens is 2. The standard InChI is InChI=1S/C21H24Cl2N2O3/c22-17-7-8-19(23)20(10-17)28-14-21(27)24-11-15-4-1-2-5-16(15)12-25-9-3-6-18(25)13-26/h1-2,4-5,7-8,10,18,26H,3,6,9,11-14H2,(H,24,27)/t18-/m0/s1. The van der Waals surface area contributed by atoms with Gasteiger partial charge in [0.05, 0.1) is 11.6 Å². The number of hydrogen-bond acceptors (Lipinski definition) is 4. The van der Waals surface area contributed by atoms with Crippen molar-refractivity contribution in [2.24, 2.45) is 0 Å². The van der Waals surface area contributed by atoms with Crippen LogP contribution in [0, 0.1) is 0 Å². The monoisotopic (exact) mass is 422 g/mol. The molecule has 0 spiro atoms. The third-order valence-electron chi connectivity index (χ3n) is 4.93. The number of aliphatic hydroxyl groups excluding tert-OH is 1. The van der Waals surface area contributed by atoms with Gasteiger partial charge in [0.1, 0.15) is 5.75 Å². The van der Waals surface area contributed by atoms with Crippen molar-refractivity contribution in [2.45, 2.75) is 32.0 Å². The van der Waals surface area contributed by atoms with Gasteiger partial charge in [0, 0.05) is 30.2 Å². The minimum Gasteiger partial charge on any atom is -0.482 e. The first kappa shape index (κ1) is 20.9. The molecule has 3 rings (SSSR count). The van der Waals surface area contributed by atoms with Crippen LogP contribution in [-0.2, 0) is 17.9 Å². The van der Waals surface area contributed by atoms with E-state index in [0.29, 0.717) is 22.3 Å². The second-order valence-corrected chi connectivity index (χ2v) is 7.70. The summed E-state index contributed by atoms with van der Waals surface area (Å²) in [6.45, 7) is 2.22. The first-order valence-corrected chi connectivity index (χ1v) is 10.1. The molecule has 0 unspecified atom stereocenters. The number of carbonyl (C=O) groups excluding carboxylic acids is 1. The minimum absolute atomic E-state index is 0.138. The van der Waals surface area contributed by atoms with E-state index >= 15 is 0 Å². The molecule has 1 fully saturated rings. The highest BCUT2D eigenvalue weighted by Crippen LogP contribution is 2.27. The summed E-state index contributed by atoms with van der Waals surface area (Å²) in [6, 6.07) is 13.1. The number of ether oxygens (including phenoxy) is 1. The molecule has 2 N–H and O–H groups in total. The molecule has 0 aliphatic carbocycles. The summed E-state index contributed by atoms with van der Waals surface area (Å²) in [5.41, 5.74) is 2.21. The van der Waals surface area contributed by atoms with Crippen molar-refractivity contribution < 1.29 is 14.6 Å². The van der Waals surface area contributed by atoms with Crippen molar-refractivity contribution >= 4 is 29.1 Å². The molecule has 1 atom stereocenters. The number of aliphatic hydroxyl groups is 1. The summed E-state index contributed by atoms with van der Waals surface area (Å²) in [7, 11) is 0. The number of carbonyl (C=O) groups is 1. The molecule has 1 heterocycles. The van der Waals surface area contributed by atoms with Crippen LogP contribution >= 0.6 is 23.2 Å². The Kier molecular flexibility index (Phi) is 7.57. The third-order valence-corrected chi connectivity index (χ3v) is 5.48. The van der Waals surface area contributed by atoms with E-state index in [0.717, 1.165) is 37.1 Å². The van der Waals surface area contributed by atoms with Crippen LogP contribution in [-0.4, -0.2) is 41.7 Å². The van der Waals surface area contributed by atoms with Crippen LogP contribution in [0.25, 0.3) is 0 Å². The molecule has 0 aromatic heterocycles. The van der Waals surface area contributed by atoms with E-state index < -0.39 is 0 Å². The van der Waals surface area contributed by atoms with Gasteiger partial charge in [-0.2, -0.15) is 0 Å². The molecule has 1 aliphatic heterocycles. The van der Waals surface area contributed by atoms with Crippen molar-refractivity contribution in [2.75, 3.05) is 19.8 Å². The third kappa shape index (κ3) is 5.61. The fourth-order valence-electron chi connectivity index (χ4n) is 3.39. The summed E-state index contributed by atoms with van der Waals surface area (Å²) >= 11 is 12.0. The molecule has 5 nitrogen and oxygen atoms in total. The quantitative estimate of drug-likeness (QED) is 0.681. The predicted molar refractivity (Wildman–Crippen MR) is 111 cm³/mol. The van der Waals surface area contributed by atoms with E-state index in [1.54, 1.807) is 18.2 Å². The molecule has 0 bridgehead atoms. The average Bonchev–Trinajstić information content (AvgIpc) is 3.15. The van der Waals surface area contributed by atoms with E-state index in [-0.39, 0.29) is 25.2 Å². The minimum atomic E-state index is -0.236. The van der Waals surface area contributed by atoms with Crippen molar-refractivity contribution in [1.29, 1.82) is 0 Å². The van der Waals surface area contributed by atoms with Gasteiger partial charge < -0.3 is 15.2 Å². The predicted octanol–water partition coefficient (Wildman–Crippen LogP) is 3.65. The van der Waals surface area contributed by atoms with Gasteiger partial charge in [0.15, 0.2) is 6.61 Å². The van der Waals surface area contributed by atoms with Crippen molar-refractivity contribution in [3.8, 4) is 5.75 Å². The topological polar surface area (TPSA) is 61.8 Å². The number of rotatable bonds is 8. The molecule has 28 heavy (non-hydrogen) atoms. The molecule has 2 aromatic carbocycles. The second-order valence-electron chi connectivity index (χ2n) is 6.86. The number of nitrogens with one attached hydrogen (secondary N) is 1. The summed E-state index contributed by atoms with van der Waals surface area (Å²) in [6.07, 6.45) is 2.13. The maximum absolute atomic E-state index is 12.2. The first-order valence-electron chi connectivity index (χ1n) is 9.33. The van der Waals surface area contributed by atoms with Crippen LogP contribution in [0.4, 0.5) is 0 Å². The van der Waals surface area contributed by atoms with Crippen LogP contribution in [0.3, 0.4) is 0 Å². The fraction of sp³-hybridized carbons (Fsp3) is 0.381. The Bertz CT molecular complexity index is 816. The highest BCUT2D eigenvalue weighted by atomic mass is 35.5. The van der Waals surface area contributed by atoms with Crippen LogP contribution in [0.1, 0.15) is 24.0 Å². The summed E-state index contributed by atoms with van der Waals surface area (Å²) in [5.74, 6) is 0.147. The maximum Gasteiger partial charge on any atom is 0.258 e. The van der Waals surface area contributed by atoms with Crippen LogP contribution in [0.5, 0.6) is 5.75 Å². The van der Waals surface area contributed by atoms with Gasteiger partial charge in [-0.3, -0.25) is 9.69 Å². The van der Waals surface area contributed by atoms with Crippen molar-refractivity contribution in [3.63, 3.8) is 0 Å². The van der Waals surface area contributed by atoms with E-state index in [1.165, 1.54) is 0 Å². The largest absolute Gasteiger partial charge is 0.482 e. The van der Waals surface area contributed by atoms with Crippen LogP contribution in [0.15, 0.2) is 42.5 Å². The number of benzene rings is 2. The van der Waals surface area contributed by atoms with Gasteiger partial charge in [-0.05, 0) is 42.6 Å². The molecular weight excluding hydrogens is 399 g/mol. The van der Waals surface area contributed by atoms with Gasteiger partial charge in [0.2, 0.25) is 0 Å². The summed E-state index contributed by atoms with van der Waals surface area (Å²) in [5, 5.41) is 13.3. The molecule has 0 radical (unpaired) electrons. The Balaban J connectivity index is 1.54.